The molecule has 6 heteroatoms. The molecule has 0 fully saturated rings. The standard InChI is InChI=1S/C45H88O6/c1-39(2)32-28-24-20-16-12-8-10-14-18-22-26-30-34-44(46)50-37-42(6)48-36-41(5)49-38-43(7)51-45(47)35-31-27-23-19-15-11-9-13-17-21-25-29-33-40(3)4/h39-43H,8-38H2,1-7H3. The lowest BCUT2D eigenvalue weighted by Crippen LogP contribution is -2.28. The van der Waals surface area contributed by atoms with E-state index >= 15 is 0 Å². The van der Waals surface area contributed by atoms with Gasteiger partial charge >= 0.3 is 11.9 Å². The lowest BCUT2D eigenvalue weighted by Gasteiger charge is -2.20. The van der Waals surface area contributed by atoms with Gasteiger partial charge in [0.15, 0.2) is 0 Å². The van der Waals surface area contributed by atoms with Crippen molar-refractivity contribution in [3.05, 3.63) is 0 Å². The number of ether oxygens (including phenoxy) is 4. The molecule has 0 saturated carbocycles. The van der Waals surface area contributed by atoms with Crippen LogP contribution in [-0.2, 0) is 28.5 Å². The number of rotatable bonds is 39. The van der Waals surface area contributed by atoms with E-state index in [-0.39, 0.29) is 36.9 Å². The summed E-state index contributed by atoms with van der Waals surface area (Å²) < 4.78 is 22.6. The Bertz CT molecular complexity index is 753. The molecule has 0 aliphatic carbocycles. The quantitative estimate of drug-likeness (QED) is 0.0464. The van der Waals surface area contributed by atoms with Gasteiger partial charge in [-0.05, 0) is 45.4 Å². The fourth-order valence-corrected chi connectivity index (χ4v) is 6.47. The number of esters is 2. The molecule has 3 unspecified atom stereocenters. The summed E-state index contributed by atoms with van der Waals surface area (Å²) in [4.78, 5) is 24.4. The Morgan fingerprint density at radius 2 is 0.647 bits per heavy atom. The van der Waals surface area contributed by atoms with Crippen LogP contribution in [0.5, 0.6) is 0 Å². The second-order valence-electron chi connectivity index (χ2n) is 16.6. The summed E-state index contributed by atoms with van der Waals surface area (Å²) in [7, 11) is 0. The average Bonchev–Trinajstić information content (AvgIpc) is 3.08. The fourth-order valence-electron chi connectivity index (χ4n) is 6.47. The Morgan fingerprint density at radius 1 is 0.353 bits per heavy atom. The summed E-state index contributed by atoms with van der Waals surface area (Å²) in [6.45, 7) is 16.0. The van der Waals surface area contributed by atoms with Crippen molar-refractivity contribution in [2.24, 2.45) is 11.8 Å². The molecule has 0 aliphatic heterocycles. The third-order valence-corrected chi connectivity index (χ3v) is 9.87. The molecule has 304 valence electrons. The number of unbranched alkanes of at least 4 members (excludes halogenated alkanes) is 22. The van der Waals surface area contributed by atoms with E-state index in [0.29, 0.717) is 26.1 Å². The van der Waals surface area contributed by atoms with E-state index in [1.807, 2.05) is 20.8 Å². The van der Waals surface area contributed by atoms with Crippen molar-refractivity contribution in [2.75, 3.05) is 19.8 Å². The van der Waals surface area contributed by atoms with Gasteiger partial charge in [0, 0.05) is 12.8 Å². The zero-order valence-electron chi connectivity index (χ0n) is 35.3. The molecular formula is C45H88O6. The zero-order valence-corrected chi connectivity index (χ0v) is 35.3. The monoisotopic (exact) mass is 725 g/mol. The van der Waals surface area contributed by atoms with Gasteiger partial charge in [-0.15, -0.1) is 0 Å². The SMILES string of the molecule is CC(C)CCCCCCCCCCCCCCC(=O)OCC(C)OCC(C)OCC(C)OC(=O)CCCCCCCCCCCCCCC(C)C. The number of carbonyl (C=O) groups excluding carboxylic acids is 2. The van der Waals surface area contributed by atoms with Gasteiger partial charge < -0.3 is 18.9 Å². The Hall–Kier alpha value is -1.14. The summed E-state index contributed by atoms with van der Waals surface area (Å²) >= 11 is 0. The molecule has 0 aromatic carbocycles. The average molecular weight is 725 g/mol. The van der Waals surface area contributed by atoms with Crippen LogP contribution in [0.15, 0.2) is 0 Å². The summed E-state index contributed by atoms with van der Waals surface area (Å²) in [5.74, 6) is 1.42. The summed E-state index contributed by atoms with van der Waals surface area (Å²) in [5, 5.41) is 0. The summed E-state index contributed by atoms with van der Waals surface area (Å²) in [5.41, 5.74) is 0. The predicted octanol–water partition coefficient (Wildman–Crippen LogP) is 13.5. The summed E-state index contributed by atoms with van der Waals surface area (Å²) in [6, 6.07) is 0. The van der Waals surface area contributed by atoms with Crippen molar-refractivity contribution in [3.63, 3.8) is 0 Å². The first-order chi connectivity index (χ1) is 24.6. The first-order valence-electron chi connectivity index (χ1n) is 22.2. The molecule has 0 amide bonds. The highest BCUT2D eigenvalue weighted by Gasteiger charge is 2.14. The molecule has 0 rings (SSSR count). The normalized spacial score (nSPS) is 13.5. The van der Waals surface area contributed by atoms with Gasteiger partial charge in [-0.25, -0.2) is 0 Å². The minimum Gasteiger partial charge on any atom is -0.463 e. The molecule has 6 nitrogen and oxygen atoms in total. The highest BCUT2D eigenvalue weighted by molar-refractivity contribution is 5.69. The Balaban J connectivity index is 3.56. The van der Waals surface area contributed by atoms with Gasteiger partial charge in [-0.1, -0.05) is 182 Å². The maximum Gasteiger partial charge on any atom is 0.306 e. The Kier molecular flexibility index (Phi) is 36.4. The Labute approximate surface area is 318 Å². The van der Waals surface area contributed by atoms with Crippen LogP contribution in [0.4, 0.5) is 0 Å². The van der Waals surface area contributed by atoms with Crippen molar-refractivity contribution in [3.8, 4) is 0 Å². The third kappa shape index (κ3) is 39.9. The molecule has 3 atom stereocenters. The molecule has 0 aliphatic rings. The van der Waals surface area contributed by atoms with E-state index in [1.54, 1.807) is 0 Å². The maximum absolute atomic E-state index is 12.2. The molecule has 0 aromatic rings. The topological polar surface area (TPSA) is 71.1 Å². The van der Waals surface area contributed by atoms with Crippen LogP contribution >= 0.6 is 0 Å². The molecule has 0 saturated heterocycles. The Morgan fingerprint density at radius 3 is 1.02 bits per heavy atom. The smallest absolute Gasteiger partial charge is 0.306 e. The fraction of sp³-hybridized carbons (Fsp3) is 0.956. The van der Waals surface area contributed by atoms with Crippen LogP contribution in [0.25, 0.3) is 0 Å². The molecule has 0 radical (unpaired) electrons. The third-order valence-electron chi connectivity index (χ3n) is 9.87. The number of hydrogen-bond donors (Lipinski definition) is 0. The molecule has 0 spiro atoms. The van der Waals surface area contributed by atoms with Crippen LogP contribution in [0, 0.1) is 11.8 Å². The van der Waals surface area contributed by atoms with Crippen molar-refractivity contribution in [2.45, 2.75) is 247 Å². The minimum atomic E-state index is -0.285. The molecule has 0 bridgehead atoms. The van der Waals surface area contributed by atoms with E-state index in [0.717, 1.165) is 37.5 Å². The van der Waals surface area contributed by atoms with E-state index in [2.05, 4.69) is 27.7 Å². The molecule has 0 aromatic heterocycles. The van der Waals surface area contributed by atoms with Gasteiger partial charge in [-0.3, -0.25) is 9.59 Å². The van der Waals surface area contributed by atoms with Crippen LogP contribution in [-0.4, -0.2) is 50.1 Å². The van der Waals surface area contributed by atoms with Gasteiger partial charge in [-0.2, -0.15) is 0 Å². The van der Waals surface area contributed by atoms with E-state index in [4.69, 9.17) is 18.9 Å². The van der Waals surface area contributed by atoms with Crippen LogP contribution in [0.1, 0.15) is 228 Å². The van der Waals surface area contributed by atoms with Crippen molar-refractivity contribution in [1.29, 1.82) is 0 Å². The predicted molar refractivity (Wildman–Crippen MR) is 216 cm³/mol. The first kappa shape index (κ1) is 49.9. The second kappa shape index (κ2) is 37.2. The van der Waals surface area contributed by atoms with Crippen molar-refractivity contribution in [1.82, 2.24) is 0 Å². The summed E-state index contributed by atoms with van der Waals surface area (Å²) in [6.07, 6.45) is 34.1. The first-order valence-corrected chi connectivity index (χ1v) is 22.2. The van der Waals surface area contributed by atoms with Crippen molar-refractivity contribution < 1.29 is 28.5 Å². The zero-order chi connectivity index (χ0) is 37.8. The molecular weight excluding hydrogens is 636 g/mol. The largest absolute Gasteiger partial charge is 0.463 e. The highest BCUT2D eigenvalue weighted by Crippen LogP contribution is 2.16. The van der Waals surface area contributed by atoms with Crippen molar-refractivity contribution >= 4 is 11.9 Å². The van der Waals surface area contributed by atoms with E-state index in [1.165, 1.54) is 141 Å². The van der Waals surface area contributed by atoms with Gasteiger partial charge in [0.1, 0.15) is 12.7 Å². The van der Waals surface area contributed by atoms with E-state index < -0.39 is 0 Å². The lowest BCUT2D eigenvalue weighted by atomic mass is 10.0. The van der Waals surface area contributed by atoms with Gasteiger partial charge in [0.2, 0.25) is 0 Å². The molecule has 0 heterocycles. The van der Waals surface area contributed by atoms with Gasteiger partial charge in [0.25, 0.3) is 0 Å². The van der Waals surface area contributed by atoms with Crippen LogP contribution in [0.2, 0.25) is 0 Å². The lowest BCUT2D eigenvalue weighted by molar-refractivity contribution is -0.154. The minimum absolute atomic E-state index is 0.136. The maximum atomic E-state index is 12.2. The molecule has 51 heavy (non-hydrogen) atoms. The number of hydrogen-bond acceptors (Lipinski definition) is 6. The van der Waals surface area contributed by atoms with Gasteiger partial charge in [0.05, 0.1) is 25.4 Å². The van der Waals surface area contributed by atoms with Crippen LogP contribution in [0.3, 0.4) is 0 Å². The second-order valence-corrected chi connectivity index (χ2v) is 16.6. The number of carbonyl (C=O) groups is 2. The van der Waals surface area contributed by atoms with E-state index in [9.17, 15) is 9.59 Å². The van der Waals surface area contributed by atoms with Crippen LogP contribution < -0.4 is 0 Å². The molecule has 0 N–H and O–H groups in total. The highest BCUT2D eigenvalue weighted by atomic mass is 16.6.